The fraction of sp³-hybridized carbons (Fsp3) is 0.444. The van der Waals surface area contributed by atoms with Crippen molar-refractivity contribution in [3.63, 3.8) is 0 Å². The molecule has 0 aromatic carbocycles. The Kier molecular flexibility index (Phi) is 2.82. The standard InChI is InChI=1S/C9H11ClN4O2S/c1-4(2)5-6-7(14-13-5)8(10)12-9(11-6)17(3,15)16/h4H,1-3H3,(H,13,14). The van der Waals surface area contributed by atoms with Gasteiger partial charge >= 0.3 is 0 Å². The molecular formula is C9H11ClN4O2S. The summed E-state index contributed by atoms with van der Waals surface area (Å²) in [5.41, 5.74) is 1.59. The van der Waals surface area contributed by atoms with Crippen LogP contribution >= 0.6 is 11.6 Å². The predicted octanol–water partition coefficient (Wildman–Crippen LogP) is 1.53. The summed E-state index contributed by atoms with van der Waals surface area (Å²) in [5.74, 6) is 0.137. The monoisotopic (exact) mass is 274 g/mol. The van der Waals surface area contributed by atoms with Crippen LogP contribution in [0.5, 0.6) is 0 Å². The molecule has 92 valence electrons. The van der Waals surface area contributed by atoms with Crippen LogP contribution in [-0.2, 0) is 9.84 Å². The summed E-state index contributed by atoms with van der Waals surface area (Å²) in [7, 11) is -3.49. The highest BCUT2D eigenvalue weighted by molar-refractivity contribution is 7.90. The normalized spacial score (nSPS) is 12.5. The van der Waals surface area contributed by atoms with Gasteiger partial charge in [-0.1, -0.05) is 25.4 Å². The third-order valence-corrected chi connectivity index (χ3v) is 3.38. The van der Waals surface area contributed by atoms with Crippen molar-refractivity contribution in [3.8, 4) is 0 Å². The zero-order valence-electron chi connectivity index (χ0n) is 9.52. The maximum Gasteiger partial charge on any atom is 0.248 e. The molecule has 2 aromatic rings. The van der Waals surface area contributed by atoms with E-state index >= 15 is 0 Å². The molecule has 0 saturated carbocycles. The molecule has 0 unspecified atom stereocenters. The zero-order valence-corrected chi connectivity index (χ0v) is 11.1. The number of fused-ring (bicyclic) bond motifs is 1. The van der Waals surface area contributed by atoms with Gasteiger partial charge in [0, 0.05) is 6.26 Å². The highest BCUT2D eigenvalue weighted by atomic mass is 35.5. The molecule has 0 saturated heterocycles. The third kappa shape index (κ3) is 2.12. The maximum atomic E-state index is 11.4. The van der Waals surface area contributed by atoms with E-state index in [0.29, 0.717) is 11.0 Å². The third-order valence-electron chi connectivity index (χ3n) is 2.27. The Labute approximate surface area is 103 Å². The van der Waals surface area contributed by atoms with Gasteiger partial charge in [-0.15, -0.1) is 0 Å². The zero-order chi connectivity index (χ0) is 12.8. The first-order chi connectivity index (χ1) is 7.80. The lowest BCUT2D eigenvalue weighted by Gasteiger charge is -2.02. The Hall–Kier alpha value is -1.21. The molecule has 0 aliphatic carbocycles. The van der Waals surface area contributed by atoms with Crippen molar-refractivity contribution in [1.82, 2.24) is 20.2 Å². The molecule has 0 amide bonds. The van der Waals surface area contributed by atoms with Gasteiger partial charge in [0.15, 0.2) is 5.15 Å². The minimum absolute atomic E-state index is 0.0403. The van der Waals surface area contributed by atoms with Crippen LogP contribution in [0.3, 0.4) is 0 Å². The van der Waals surface area contributed by atoms with Gasteiger partial charge in [0.2, 0.25) is 15.0 Å². The van der Waals surface area contributed by atoms with Gasteiger partial charge in [-0.2, -0.15) is 5.10 Å². The highest BCUT2D eigenvalue weighted by Crippen LogP contribution is 2.26. The Morgan fingerprint density at radius 3 is 2.41 bits per heavy atom. The second-order valence-electron chi connectivity index (χ2n) is 4.06. The summed E-state index contributed by atoms with van der Waals surface area (Å²) in [4.78, 5) is 7.74. The summed E-state index contributed by atoms with van der Waals surface area (Å²) in [6, 6.07) is 0. The molecule has 0 fully saturated rings. The summed E-state index contributed by atoms with van der Waals surface area (Å²) < 4.78 is 22.8. The quantitative estimate of drug-likeness (QED) is 0.663. The predicted molar refractivity (Wildman–Crippen MR) is 63.9 cm³/mol. The molecule has 0 atom stereocenters. The van der Waals surface area contributed by atoms with Gasteiger partial charge in [-0.05, 0) is 5.92 Å². The van der Waals surface area contributed by atoms with Crippen molar-refractivity contribution in [2.24, 2.45) is 0 Å². The average Bonchev–Trinajstić information content (AvgIpc) is 2.60. The number of hydrogen-bond donors (Lipinski definition) is 1. The summed E-state index contributed by atoms with van der Waals surface area (Å²) >= 11 is 5.89. The fourth-order valence-corrected chi connectivity index (χ4v) is 2.21. The second-order valence-corrected chi connectivity index (χ2v) is 6.33. The first-order valence-corrected chi connectivity index (χ1v) is 7.19. The number of hydrogen-bond acceptors (Lipinski definition) is 5. The van der Waals surface area contributed by atoms with Gasteiger partial charge in [0.05, 0.1) is 5.69 Å². The molecule has 2 heterocycles. The van der Waals surface area contributed by atoms with Crippen LogP contribution < -0.4 is 0 Å². The smallest absolute Gasteiger partial charge is 0.248 e. The second kappa shape index (κ2) is 3.92. The molecular weight excluding hydrogens is 264 g/mol. The van der Waals surface area contributed by atoms with Crippen molar-refractivity contribution >= 4 is 32.5 Å². The number of H-pyrrole nitrogens is 1. The molecule has 8 heteroatoms. The SMILES string of the molecule is CC(C)c1[nH]nc2c(Cl)nc(S(C)(=O)=O)nc12. The van der Waals surface area contributed by atoms with Crippen molar-refractivity contribution in [3.05, 3.63) is 10.8 Å². The lowest BCUT2D eigenvalue weighted by Crippen LogP contribution is -2.05. The van der Waals surface area contributed by atoms with Gasteiger partial charge in [-0.25, -0.2) is 18.4 Å². The van der Waals surface area contributed by atoms with Gasteiger partial charge in [0.1, 0.15) is 11.0 Å². The number of halogens is 1. The lowest BCUT2D eigenvalue weighted by molar-refractivity contribution is 0.593. The number of aromatic nitrogens is 4. The van der Waals surface area contributed by atoms with Gasteiger partial charge in [-0.3, -0.25) is 5.10 Å². The Bertz CT molecular complexity index is 678. The van der Waals surface area contributed by atoms with E-state index in [0.717, 1.165) is 11.9 Å². The van der Waals surface area contributed by atoms with Crippen molar-refractivity contribution in [2.45, 2.75) is 24.9 Å². The molecule has 2 aromatic heterocycles. The van der Waals surface area contributed by atoms with Crippen molar-refractivity contribution < 1.29 is 8.42 Å². The van der Waals surface area contributed by atoms with E-state index in [1.807, 2.05) is 13.8 Å². The largest absolute Gasteiger partial charge is 0.279 e. The van der Waals surface area contributed by atoms with Crippen LogP contribution in [0.1, 0.15) is 25.5 Å². The summed E-state index contributed by atoms with van der Waals surface area (Å²) in [6.45, 7) is 3.90. The van der Waals surface area contributed by atoms with Gasteiger partial charge < -0.3 is 0 Å². The van der Waals surface area contributed by atoms with E-state index < -0.39 is 9.84 Å². The van der Waals surface area contributed by atoms with Crippen LogP contribution in [0.15, 0.2) is 5.16 Å². The molecule has 17 heavy (non-hydrogen) atoms. The van der Waals surface area contributed by atoms with Crippen molar-refractivity contribution in [2.75, 3.05) is 6.26 Å². The Morgan fingerprint density at radius 2 is 1.88 bits per heavy atom. The lowest BCUT2D eigenvalue weighted by atomic mass is 10.1. The average molecular weight is 275 g/mol. The molecule has 2 rings (SSSR count). The number of nitrogens with one attached hydrogen (secondary N) is 1. The first kappa shape index (κ1) is 12.3. The first-order valence-electron chi connectivity index (χ1n) is 4.92. The van der Waals surface area contributed by atoms with Crippen LogP contribution in [0.25, 0.3) is 11.0 Å². The van der Waals surface area contributed by atoms with Gasteiger partial charge in [0.25, 0.3) is 0 Å². The fourth-order valence-electron chi connectivity index (χ4n) is 1.43. The number of sulfone groups is 1. The summed E-state index contributed by atoms with van der Waals surface area (Å²) in [5, 5.41) is 6.55. The number of aromatic amines is 1. The van der Waals surface area contributed by atoms with E-state index in [4.69, 9.17) is 11.6 Å². The molecule has 0 bridgehead atoms. The maximum absolute atomic E-state index is 11.4. The van der Waals surface area contributed by atoms with Crippen LogP contribution in [0.2, 0.25) is 5.15 Å². The summed E-state index contributed by atoms with van der Waals surface area (Å²) in [6.07, 6.45) is 1.04. The van der Waals surface area contributed by atoms with Crippen LogP contribution in [0.4, 0.5) is 0 Å². The van der Waals surface area contributed by atoms with Crippen molar-refractivity contribution in [1.29, 1.82) is 0 Å². The van der Waals surface area contributed by atoms with E-state index in [2.05, 4.69) is 20.2 Å². The Morgan fingerprint density at radius 1 is 1.24 bits per heavy atom. The Balaban J connectivity index is 2.83. The minimum Gasteiger partial charge on any atom is -0.279 e. The highest BCUT2D eigenvalue weighted by Gasteiger charge is 2.19. The molecule has 0 aliphatic heterocycles. The van der Waals surface area contributed by atoms with E-state index in [1.54, 1.807) is 0 Å². The molecule has 6 nitrogen and oxygen atoms in total. The van der Waals surface area contributed by atoms with E-state index in [9.17, 15) is 8.42 Å². The van der Waals surface area contributed by atoms with E-state index in [-0.39, 0.29) is 16.2 Å². The minimum atomic E-state index is -3.49. The van der Waals surface area contributed by atoms with E-state index in [1.165, 1.54) is 0 Å². The van der Waals surface area contributed by atoms with Crippen LogP contribution in [-0.4, -0.2) is 34.8 Å². The number of rotatable bonds is 2. The topological polar surface area (TPSA) is 88.6 Å². The van der Waals surface area contributed by atoms with Crippen LogP contribution in [0, 0.1) is 0 Å². The number of nitrogens with zero attached hydrogens (tertiary/aromatic N) is 3. The molecule has 0 aliphatic rings. The molecule has 1 N–H and O–H groups in total. The molecule has 0 radical (unpaired) electrons. The molecule has 0 spiro atoms.